The van der Waals surface area contributed by atoms with Gasteiger partial charge in [-0.25, -0.2) is 8.42 Å². The minimum atomic E-state index is -5.10. The molecule has 0 N–H and O–H groups in total. The number of fused-ring (bicyclic) bond motifs is 2. The predicted molar refractivity (Wildman–Crippen MR) is 80.5 cm³/mol. The van der Waals surface area contributed by atoms with Crippen molar-refractivity contribution in [3.8, 4) is 0 Å². The number of hydrogen-bond acceptors (Lipinski definition) is 2. The van der Waals surface area contributed by atoms with Crippen molar-refractivity contribution in [1.29, 1.82) is 0 Å². The second-order valence-electron chi connectivity index (χ2n) is 6.61. The van der Waals surface area contributed by atoms with Gasteiger partial charge in [0, 0.05) is 13.1 Å². The third kappa shape index (κ3) is 3.36. The minimum absolute atomic E-state index is 0.0762. The lowest BCUT2D eigenvalue weighted by atomic mass is 10.0. The second kappa shape index (κ2) is 5.98. The van der Waals surface area contributed by atoms with E-state index in [1.165, 1.54) is 7.05 Å². The van der Waals surface area contributed by atoms with Crippen LogP contribution in [0.3, 0.4) is 0 Å². The molecule has 0 spiro atoms. The van der Waals surface area contributed by atoms with Gasteiger partial charge in [-0.1, -0.05) is 12.2 Å². The third-order valence-electron chi connectivity index (χ3n) is 4.95. The highest BCUT2D eigenvalue weighted by molar-refractivity contribution is 7.89. The topological polar surface area (TPSA) is 37.4 Å². The summed E-state index contributed by atoms with van der Waals surface area (Å²) in [5.74, 6) is 0.113. The molecular weight excluding hydrogens is 384 g/mol. The lowest BCUT2D eigenvalue weighted by molar-refractivity contribution is -0.143. The van der Waals surface area contributed by atoms with E-state index in [-0.39, 0.29) is 30.0 Å². The lowest BCUT2D eigenvalue weighted by Crippen LogP contribution is -2.39. The predicted octanol–water partition coefficient (Wildman–Crippen LogP) is 4.31. The average molecular weight is 399 g/mol. The fourth-order valence-electron chi connectivity index (χ4n) is 3.59. The highest BCUT2D eigenvalue weighted by Crippen LogP contribution is 2.43. The fourth-order valence-corrected chi connectivity index (χ4v) is 5.07. The van der Waals surface area contributed by atoms with Crippen molar-refractivity contribution in [2.45, 2.75) is 36.1 Å². The van der Waals surface area contributed by atoms with Gasteiger partial charge in [0.15, 0.2) is 0 Å². The molecule has 3 atom stereocenters. The van der Waals surface area contributed by atoms with E-state index in [1.807, 2.05) is 12.2 Å². The van der Waals surface area contributed by atoms with Gasteiger partial charge >= 0.3 is 12.4 Å². The molecular formula is C16H15F6NO2S. The van der Waals surface area contributed by atoms with Gasteiger partial charge in [-0.15, -0.1) is 0 Å². The molecule has 0 aliphatic heterocycles. The van der Waals surface area contributed by atoms with Gasteiger partial charge < -0.3 is 0 Å². The van der Waals surface area contributed by atoms with Crippen molar-refractivity contribution in [2.75, 3.05) is 7.05 Å². The number of sulfonamides is 1. The zero-order chi connectivity index (χ0) is 19.5. The maximum atomic E-state index is 13.0. The maximum absolute atomic E-state index is 13.0. The number of rotatable bonds is 3. The van der Waals surface area contributed by atoms with Gasteiger partial charge in [-0.3, -0.25) is 0 Å². The zero-order valence-corrected chi connectivity index (χ0v) is 14.3. The van der Waals surface area contributed by atoms with E-state index < -0.39 is 44.4 Å². The molecule has 0 amide bonds. The Morgan fingerprint density at radius 2 is 1.46 bits per heavy atom. The van der Waals surface area contributed by atoms with Crippen LogP contribution >= 0.6 is 0 Å². The van der Waals surface area contributed by atoms with Crippen LogP contribution in [0.1, 0.15) is 24.0 Å². The summed E-state index contributed by atoms with van der Waals surface area (Å²) in [7, 11) is -3.31. The van der Waals surface area contributed by atoms with Gasteiger partial charge in [0.05, 0.1) is 16.0 Å². The smallest absolute Gasteiger partial charge is 0.207 e. The average Bonchev–Trinajstić information content (AvgIpc) is 3.15. The first kappa shape index (κ1) is 19.2. The first-order valence-corrected chi connectivity index (χ1v) is 9.20. The Kier molecular flexibility index (Phi) is 4.42. The molecule has 2 aliphatic rings. The summed E-state index contributed by atoms with van der Waals surface area (Å²) in [5, 5.41) is 0. The summed E-state index contributed by atoms with van der Waals surface area (Å²) in [6, 6.07) is -0.0491. The number of hydrogen-bond donors (Lipinski definition) is 0. The number of benzene rings is 1. The summed E-state index contributed by atoms with van der Waals surface area (Å²) in [4.78, 5) is -1.01. The Morgan fingerprint density at radius 1 is 0.923 bits per heavy atom. The van der Waals surface area contributed by atoms with Gasteiger partial charge in [0.1, 0.15) is 0 Å². The van der Waals surface area contributed by atoms with E-state index >= 15 is 0 Å². The largest absolute Gasteiger partial charge is 0.416 e. The molecule has 1 saturated carbocycles. The van der Waals surface area contributed by atoms with E-state index in [4.69, 9.17) is 0 Å². The van der Waals surface area contributed by atoms with Crippen LogP contribution in [0.4, 0.5) is 26.3 Å². The van der Waals surface area contributed by atoms with Crippen LogP contribution in [0.2, 0.25) is 0 Å². The number of allylic oxidation sites excluding steroid dienone is 1. The van der Waals surface area contributed by atoms with Crippen LogP contribution in [0.25, 0.3) is 0 Å². The summed E-state index contributed by atoms with van der Waals surface area (Å²) >= 11 is 0. The Bertz CT molecular complexity index is 811. The van der Waals surface area contributed by atoms with Crippen molar-refractivity contribution >= 4 is 10.0 Å². The van der Waals surface area contributed by atoms with Crippen LogP contribution in [0.15, 0.2) is 35.2 Å². The molecule has 3 rings (SSSR count). The maximum Gasteiger partial charge on any atom is 0.416 e. The first-order chi connectivity index (χ1) is 11.8. The number of alkyl halides is 6. The lowest BCUT2D eigenvalue weighted by Gasteiger charge is -2.29. The van der Waals surface area contributed by atoms with Crippen molar-refractivity contribution in [1.82, 2.24) is 4.31 Å². The van der Waals surface area contributed by atoms with Gasteiger partial charge in [0.25, 0.3) is 0 Å². The van der Waals surface area contributed by atoms with E-state index in [2.05, 4.69) is 0 Å². The molecule has 2 aliphatic carbocycles. The highest BCUT2D eigenvalue weighted by atomic mass is 32.2. The van der Waals surface area contributed by atoms with E-state index in [1.54, 1.807) is 0 Å². The van der Waals surface area contributed by atoms with Crippen LogP contribution in [0.5, 0.6) is 0 Å². The zero-order valence-electron chi connectivity index (χ0n) is 13.5. The van der Waals surface area contributed by atoms with Crippen molar-refractivity contribution in [2.24, 2.45) is 11.8 Å². The monoisotopic (exact) mass is 399 g/mol. The molecule has 0 saturated heterocycles. The van der Waals surface area contributed by atoms with E-state index in [0.29, 0.717) is 6.42 Å². The third-order valence-corrected chi connectivity index (χ3v) is 6.81. The molecule has 0 radical (unpaired) electrons. The summed E-state index contributed by atoms with van der Waals surface area (Å²) < 4.78 is 104. The van der Waals surface area contributed by atoms with Gasteiger partial charge in [0.2, 0.25) is 10.0 Å². The second-order valence-corrected chi connectivity index (χ2v) is 8.61. The molecule has 0 heterocycles. The van der Waals surface area contributed by atoms with Crippen LogP contribution in [0, 0.1) is 11.8 Å². The summed E-state index contributed by atoms with van der Waals surface area (Å²) in [5.41, 5.74) is -3.29. The molecule has 2 bridgehead atoms. The van der Waals surface area contributed by atoms with Gasteiger partial charge in [-0.2, -0.15) is 30.6 Å². The Labute approximate surface area is 146 Å². The highest BCUT2D eigenvalue weighted by Gasteiger charge is 2.43. The standard InChI is InChI=1S/C16H15F6NO2S/c1-23(14-5-9-2-3-10(14)4-9)26(24,25)13-7-11(15(17,18)19)6-12(8-13)16(20,21)22/h2-3,6-10,14H,4-5H2,1H3/t9-,10+,14-/m1/s1. The van der Waals surface area contributed by atoms with Crippen molar-refractivity contribution in [3.63, 3.8) is 0 Å². The normalized spacial score (nSPS) is 26.1. The van der Waals surface area contributed by atoms with Gasteiger partial charge in [-0.05, 0) is 42.9 Å². The Hall–Kier alpha value is -1.55. The molecule has 1 aromatic rings. The Morgan fingerprint density at radius 3 is 1.85 bits per heavy atom. The quantitative estimate of drug-likeness (QED) is 0.561. The van der Waals surface area contributed by atoms with E-state index in [0.717, 1.165) is 10.7 Å². The molecule has 144 valence electrons. The van der Waals surface area contributed by atoms with Crippen molar-refractivity contribution < 1.29 is 34.8 Å². The molecule has 1 fully saturated rings. The molecule has 10 heteroatoms. The summed E-state index contributed by atoms with van der Waals surface area (Å²) in [6.45, 7) is 0. The van der Waals surface area contributed by atoms with Crippen molar-refractivity contribution in [3.05, 3.63) is 41.5 Å². The van der Waals surface area contributed by atoms with Crippen LogP contribution in [-0.2, 0) is 22.4 Å². The summed E-state index contributed by atoms with van der Waals surface area (Å²) in [6.07, 6.45) is -5.16. The fraction of sp³-hybridized carbons (Fsp3) is 0.500. The van der Waals surface area contributed by atoms with Crippen LogP contribution < -0.4 is 0 Å². The minimum Gasteiger partial charge on any atom is -0.207 e. The van der Waals surface area contributed by atoms with E-state index in [9.17, 15) is 34.8 Å². The SMILES string of the molecule is CN([C@@H]1C[C@@H]2C=C[C@H]1C2)S(=O)(=O)c1cc(C(F)(F)F)cc(C(F)(F)F)c1. The molecule has 0 aromatic heterocycles. The number of nitrogens with zero attached hydrogens (tertiary/aromatic N) is 1. The molecule has 3 nitrogen and oxygen atoms in total. The molecule has 1 aromatic carbocycles. The molecule has 0 unspecified atom stereocenters. The molecule has 26 heavy (non-hydrogen) atoms. The number of halogens is 6. The van der Waals surface area contributed by atoms with Crippen LogP contribution in [-0.4, -0.2) is 25.8 Å². The first-order valence-electron chi connectivity index (χ1n) is 7.76. The Balaban J connectivity index is 2.05.